The van der Waals surface area contributed by atoms with Gasteiger partial charge in [-0.15, -0.1) is 0 Å². The Bertz CT molecular complexity index is 130. The lowest BCUT2D eigenvalue weighted by atomic mass is 10.2. The number of nitrogens with two attached hydrogens (primary N) is 1. The molecule has 0 aromatic carbocycles. The van der Waals surface area contributed by atoms with E-state index < -0.39 is 0 Å². The van der Waals surface area contributed by atoms with Crippen molar-refractivity contribution in [2.75, 3.05) is 18.8 Å². The van der Waals surface area contributed by atoms with Crippen molar-refractivity contribution in [3.05, 3.63) is 0 Å². The molecule has 3 N–H and O–H groups in total. The van der Waals surface area contributed by atoms with E-state index in [-0.39, 0.29) is 0 Å². The third kappa shape index (κ3) is 3.88. The van der Waals surface area contributed by atoms with Gasteiger partial charge in [0.25, 0.3) is 0 Å². The van der Waals surface area contributed by atoms with Gasteiger partial charge in [0, 0.05) is 11.3 Å². The second kappa shape index (κ2) is 6.68. The molecule has 78 valence electrons. The molecule has 0 saturated heterocycles. The van der Waals surface area contributed by atoms with Crippen LogP contribution in [0.15, 0.2) is 0 Å². The Labute approximate surface area is 86.0 Å². The van der Waals surface area contributed by atoms with E-state index >= 15 is 0 Å². The van der Waals surface area contributed by atoms with Gasteiger partial charge in [0.1, 0.15) is 0 Å². The molecule has 0 bridgehead atoms. The molecule has 0 heterocycles. The molecular weight excluding hydrogens is 180 g/mol. The molecule has 2 nitrogen and oxygen atoms in total. The third-order valence-corrected chi connectivity index (χ3v) is 3.95. The first-order valence-electron chi connectivity index (χ1n) is 5.43. The van der Waals surface area contributed by atoms with Crippen molar-refractivity contribution >= 4 is 11.8 Å². The van der Waals surface area contributed by atoms with Crippen LogP contribution in [0.1, 0.15) is 32.6 Å². The average Bonchev–Trinajstić information content (AvgIpc) is 2.54. The van der Waals surface area contributed by atoms with Gasteiger partial charge in [0.05, 0.1) is 0 Å². The molecule has 0 aliphatic heterocycles. The lowest BCUT2D eigenvalue weighted by molar-refractivity contribution is 0.525. The molecule has 3 heteroatoms. The third-order valence-electron chi connectivity index (χ3n) is 2.62. The SMILES string of the molecule is CCSC1CCCC1NCCCN. The molecule has 1 aliphatic carbocycles. The van der Waals surface area contributed by atoms with Gasteiger partial charge >= 0.3 is 0 Å². The van der Waals surface area contributed by atoms with Crippen LogP contribution in [-0.4, -0.2) is 30.1 Å². The first kappa shape index (κ1) is 11.3. The highest BCUT2D eigenvalue weighted by molar-refractivity contribution is 7.99. The molecule has 0 amide bonds. The van der Waals surface area contributed by atoms with Crippen LogP contribution >= 0.6 is 11.8 Å². The molecule has 0 aromatic heterocycles. The molecule has 2 unspecified atom stereocenters. The van der Waals surface area contributed by atoms with E-state index in [1.807, 2.05) is 0 Å². The van der Waals surface area contributed by atoms with E-state index in [0.29, 0.717) is 0 Å². The van der Waals surface area contributed by atoms with Crippen molar-refractivity contribution in [2.45, 2.75) is 43.9 Å². The molecule has 1 aliphatic rings. The Morgan fingerprint density at radius 3 is 3.00 bits per heavy atom. The highest BCUT2D eigenvalue weighted by atomic mass is 32.2. The Hall–Kier alpha value is 0.270. The standard InChI is InChI=1S/C10H22N2S/c1-2-13-10-6-3-5-9(10)12-8-4-7-11/h9-10,12H,2-8,11H2,1H3. The monoisotopic (exact) mass is 202 g/mol. The van der Waals surface area contributed by atoms with Gasteiger partial charge in [-0.2, -0.15) is 11.8 Å². The van der Waals surface area contributed by atoms with E-state index in [0.717, 1.165) is 30.8 Å². The van der Waals surface area contributed by atoms with Crippen molar-refractivity contribution in [2.24, 2.45) is 5.73 Å². The normalized spacial score (nSPS) is 28.2. The van der Waals surface area contributed by atoms with Crippen LogP contribution < -0.4 is 11.1 Å². The minimum absolute atomic E-state index is 0.761. The largest absolute Gasteiger partial charge is 0.330 e. The maximum absolute atomic E-state index is 5.46. The molecule has 0 aromatic rings. The summed E-state index contributed by atoms with van der Waals surface area (Å²) >= 11 is 2.11. The lowest BCUT2D eigenvalue weighted by Crippen LogP contribution is -2.35. The lowest BCUT2D eigenvalue weighted by Gasteiger charge is -2.19. The van der Waals surface area contributed by atoms with E-state index in [4.69, 9.17) is 5.73 Å². The van der Waals surface area contributed by atoms with Gasteiger partial charge in [0.2, 0.25) is 0 Å². The first-order valence-corrected chi connectivity index (χ1v) is 6.48. The van der Waals surface area contributed by atoms with Crippen LogP contribution in [-0.2, 0) is 0 Å². The molecule has 0 radical (unpaired) electrons. The fraction of sp³-hybridized carbons (Fsp3) is 1.00. The minimum Gasteiger partial charge on any atom is -0.330 e. The highest BCUT2D eigenvalue weighted by Gasteiger charge is 2.25. The first-order chi connectivity index (χ1) is 6.38. The summed E-state index contributed by atoms with van der Waals surface area (Å²) in [4.78, 5) is 0. The zero-order valence-corrected chi connectivity index (χ0v) is 9.41. The summed E-state index contributed by atoms with van der Waals surface area (Å²) in [5, 5.41) is 4.48. The Balaban J connectivity index is 2.15. The smallest absolute Gasteiger partial charge is 0.0201 e. The summed E-state index contributed by atoms with van der Waals surface area (Å²) in [5.74, 6) is 1.25. The topological polar surface area (TPSA) is 38.0 Å². The minimum atomic E-state index is 0.761. The van der Waals surface area contributed by atoms with Gasteiger partial charge in [-0.25, -0.2) is 0 Å². The van der Waals surface area contributed by atoms with E-state index in [1.165, 1.54) is 25.0 Å². The van der Waals surface area contributed by atoms with Crippen molar-refractivity contribution in [3.8, 4) is 0 Å². The van der Waals surface area contributed by atoms with Crippen molar-refractivity contribution < 1.29 is 0 Å². The number of thioether (sulfide) groups is 1. The summed E-state index contributed by atoms with van der Waals surface area (Å²) < 4.78 is 0. The van der Waals surface area contributed by atoms with Gasteiger partial charge in [-0.1, -0.05) is 13.3 Å². The Morgan fingerprint density at radius 2 is 2.31 bits per heavy atom. The molecule has 1 rings (SSSR count). The Morgan fingerprint density at radius 1 is 1.46 bits per heavy atom. The molecule has 2 atom stereocenters. The number of nitrogens with one attached hydrogen (secondary N) is 1. The summed E-state index contributed by atoms with van der Waals surface area (Å²) in [6.07, 6.45) is 5.28. The fourth-order valence-corrected chi connectivity index (χ4v) is 3.19. The van der Waals surface area contributed by atoms with E-state index in [2.05, 4.69) is 24.0 Å². The predicted molar refractivity (Wildman–Crippen MR) is 61.2 cm³/mol. The van der Waals surface area contributed by atoms with Gasteiger partial charge in [-0.3, -0.25) is 0 Å². The van der Waals surface area contributed by atoms with Crippen LogP contribution in [0.4, 0.5) is 0 Å². The molecule has 0 spiro atoms. The molecule has 1 fully saturated rings. The summed E-state index contributed by atoms with van der Waals surface area (Å²) in [6, 6.07) is 0.761. The molecule has 13 heavy (non-hydrogen) atoms. The predicted octanol–water partition coefficient (Wildman–Crippen LogP) is 1.60. The quantitative estimate of drug-likeness (QED) is 0.643. The highest BCUT2D eigenvalue weighted by Crippen LogP contribution is 2.29. The van der Waals surface area contributed by atoms with E-state index in [9.17, 15) is 0 Å². The van der Waals surface area contributed by atoms with Crippen LogP contribution in [0, 0.1) is 0 Å². The number of hydrogen-bond acceptors (Lipinski definition) is 3. The van der Waals surface area contributed by atoms with Crippen LogP contribution in [0.2, 0.25) is 0 Å². The average molecular weight is 202 g/mol. The van der Waals surface area contributed by atoms with E-state index in [1.54, 1.807) is 0 Å². The van der Waals surface area contributed by atoms with Gasteiger partial charge in [0.15, 0.2) is 0 Å². The molecule has 1 saturated carbocycles. The van der Waals surface area contributed by atoms with Crippen molar-refractivity contribution in [1.82, 2.24) is 5.32 Å². The maximum Gasteiger partial charge on any atom is 0.0201 e. The fourth-order valence-electron chi connectivity index (χ4n) is 1.96. The summed E-state index contributed by atoms with van der Waals surface area (Å²) in [5.41, 5.74) is 5.46. The second-order valence-electron chi connectivity index (χ2n) is 3.63. The van der Waals surface area contributed by atoms with Crippen molar-refractivity contribution in [1.29, 1.82) is 0 Å². The summed E-state index contributed by atoms with van der Waals surface area (Å²) in [7, 11) is 0. The second-order valence-corrected chi connectivity index (χ2v) is 5.14. The summed E-state index contributed by atoms with van der Waals surface area (Å²) in [6.45, 7) is 4.16. The molecular formula is C10H22N2S. The van der Waals surface area contributed by atoms with Gasteiger partial charge < -0.3 is 11.1 Å². The maximum atomic E-state index is 5.46. The van der Waals surface area contributed by atoms with Gasteiger partial charge in [-0.05, 0) is 38.1 Å². The van der Waals surface area contributed by atoms with Crippen LogP contribution in [0.25, 0.3) is 0 Å². The number of hydrogen-bond donors (Lipinski definition) is 2. The zero-order valence-electron chi connectivity index (χ0n) is 8.59. The number of rotatable bonds is 6. The van der Waals surface area contributed by atoms with Crippen LogP contribution in [0.5, 0.6) is 0 Å². The van der Waals surface area contributed by atoms with Crippen molar-refractivity contribution in [3.63, 3.8) is 0 Å². The van der Waals surface area contributed by atoms with Crippen LogP contribution in [0.3, 0.4) is 0 Å². The Kier molecular flexibility index (Phi) is 5.83. The zero-order chi connectivity index (χ0) is 9.52.